The number of thiazole rings is 1. The van der Waals surface area contributed by atoms with Crippen LogP contribution in [0.4, 0.5) is 9.52 Å². The van der Waals surface area contributed by atoms with Gasteiger partial charge in [-0.1, -0.05) is 11.3 Å². The molecular weight excluding hydrogens is 341 g/mol. The average molecular weight is 361 g/mol. The lowest BCUT2D eigenvalue weighted by Gasteiger charge is -2.21. The van der Waals surface area contributed by atoms with Crippen LogP contribution in [0.3, 0.4) is 0 Å². The zero-order valence-corrected chi connectivity index (χ0v) is 15.5. The predicted molar refractivity (Wildman–Crippen MR) is 98.0 cm³/mol. The minimum atomic E-state index is -0.310. The summed E-state index contributed by atoms with van der Waals surface area (Å²) in [6.45, 7) is 4.76. The Hall–Kier alpha value is -2.25. The fourth-order valence-electron chi connectivity index (χ4n) is 2.57. The first-order valence-corrected chi connectivity index (χ1v) is 8.76. The van der Waals surface area contributed by atoms with Crippen LogP contribution in [0.25, 0.3) is 10.2 Å². The fraction of sp³-hybridized carbons (Fsp3) is 0.333. The molecule has 0 N–H and O–H groups in total. The van der Waals surface area contributed by atoms with Crippen LogP contribution >= 0.6 is 11.3 Å². The highest BCUT2D eigenvalue weighted by Gasteiger charge is 2.24. The molecule has 1 amide bonds. The molecule has 0 bridgehead atoms. The van der Waals surface area contributed by atoms with Crippen LogP contribution in [0.15, 0.2) is 28.7 Å². The molecule has 3 aromatic rings. The first kappa shape index (κ1) is 17.6. The number of anilines is 1. The van der Waals surface area contributed by atoms with Gasteiger partial charge in [-0.15, -0.1) is 0 Å². The number of rotatable bonds is 5. The molecule has 5 nitrogen and oxygen atoms in total. The van der Waals surface area contributed by atoms with Crippen molar-refractivity contribution in [3.63, 3.8) is 0 Å². The molecule has 0 unspecified atom stereocenters. The Bertz CT molecular complexity index is 916. The molecule has 0 aliphatic heterocycles. The normalized spacial score (nSPS) is 11.4. The summed E-state index contributed by atoms with van der Waals surface area (Å²) >= 11 is 1.31. The van der Waals surface area contributed by atoms with Crippen molar-refractivity contribution in [1.29, 1.82) is 0 Å². The number of aromatic nitrogens is 1. The largest absolute Gasteiger partial charge is 0.466 e. The number of nitrogens with zero attached hydrogens (tertiary/aromatic N) is 3. The van der Waals surface area contributed by atoms with Gasteiger partial charge < -0.3 is 9.32 Å². The van der Waals surface area contributed by atoms with E-state index < -0.39 is 0 Å². The van der Waals surface area contributed by atoms with E-state index in [1.165, 1.54) is 23.5 Å². The smallest absolute Gasteiger partial charge is 0.263 e. The molecule has 132 valence electrons. The molecule has 7 heteroatoms. The van der Waals surface area contributed by atoms with Crippen molar-refractivity contribution in [1.82, 2.24) is 9.88 Å². The third kappa shape index (κ3) is 3.72. The first-order valence-electron chi connectivity index (χ1n) is 7.95. The Morgan fingerprint density at radius 1 is 1.24 bits per heavy atom. The molecule has 1 aromatic carbocycles. The Morgan fingerprint density at radius 3 is 2.64 bits per heavy atom. The van der Waals surface area contributed by atoms with Crippen molar-refractivity contribution in [2.24, 2.45) is 0 Å². The number of benzene rings is 1. The zero-order chi connectivity index (χ0) is 18.1. The Kier molecular flexibility index (Phi) is 4.87. The third-order valence-electron chi connectivity index (χ3n) is 3.86. The minimum Gasteiger partial charge on any atom is -0.466 e. The van der Waals surface area contributed by atoms with Crippen LogP contribution in [0, 0.1) is 19.7 Å². The van der Waals surface area contributed by atoms with Gasteiger partial charge in [-0.3, -0.25) is 9.69 Å². The van der Waals surface area contributed by atoms with Gasteiger partial charge in [0.15, 0.2) is 5.13 Å². The van der Waals surface area contributed by atoms with Crippen molar-refractivity contribution >= 4 is 32.6 Å². The zero-order valence-electron chi connectivity index (χ0n) is 14.7. The molecular formula is C18H20FN3O2S. The second kappa shape index (κ2) is 6.93. The number of fused-ring (bicyclic) bond motifs is 1. The highest BCUT2D eigenvalue weighted by molar-refractivity contribution is 7.22. The summed E-state index contributed by atoms with van der Waals surface area (Å²) in [5.41, 5.74) is 1.21. The Balaban J connectivity index is 2.00. The highest BCUT2D eigenvalue weighted by atomic mass is 32.1. The summed E-state index contributed by atoms with van der Waals surface area (Å²) in [5.74, 6) is 0.815. The molecule has 2 heterocycles. The van der Waals surface area contributed by atoms with Crippen LogP contribution in [-0.4, -0.2) is 43.0 Å². The summed E-state index contributed by atoms with van der Waals surface area (Å²) in [7, 11) is 3.90. The van der Waals surface area contributed by atoms with Crippen LogP contribution in [0.5, 0.6) is 0 Å². The van der Waals surface area contributed by atoms with Gasteiger partial charge in [-0.25, -0.2) is 9.37 Å². The number of hydrogen-bond donors (Lipinski definition) is 0. The van der Waals surface area contributed by atoms with Gasteiger partial charge in [0.05, 0.1) is 15.8 Å². The number of hydrogen-bond acceptors (Lipinski definition) is 5. The predicted octanol–water partition coefficient (Wildman–Crippen LogP) is 3.85. The van der Waals surface area contributed by atoms with Crippen molar-refractivity contribution in [2.45, 2.75) is 13.8 Å². The van der Waals surface area contributed by atoms with E-state index in [-0.39, 0.29) is 11.7 Å². The lowest BCUT2D eigenvalue weighted by molar-refractivity contribution is 0.0983. The molecule has 0 saturated heterocycles. The standard InChI is InChI=1S/C18H20FN3O2S/c1-11-9-14(12(2)24-11)17(23)22(8-7-21(3)4)18-20-15-6-5-13(19)10-16(15)25-18/h5-6,9-10H,7-8H2,1-4H3. The van der Waals surface area contributed by atoms with Crippen LogP contribution in [0.1, 0.15) is 21.9 Å². The SMILES string of the molecule is Cc1cc(C(=O)N(CCN(C)C)c2nc3ccc(F)cc3s2)c(C)o1. The van der Waals surface area contributed by atoms with E-state index in [0.717, 1.165) is 4.70 Å². The van der Waals surface area contributed by atoms with Gasteiger partial charge in [0.1, 0.15) is 17.3 Å². The van der Waals surface area contributed by atoms with Gasteiger partial charge in [-0.2, -0.15) is 0 Å². The van der Waals surface area contributed by atoms with Crippen molar-refractivity contribution in [2.75, 3.05) is 32.1 Å². The van der Waals surface area contributed by atoms with Gasteiger partial charge in [-0.05, 0) is 52.2 Å². The molecule has 0 spiro atoms. The first-order chi connectivity index (χ1) is 11.8. The molecule has 3 rings (SSSR count). The van der Waals surface area contributed by atoms with Gasteiger partial charge >= 0.3 is 0 Å². The number of likely N-dealkylation sites (N-methyl/N-ethyl adjacent to an activating group) is 1. The second-order valence-electron chi connectivity index (χ2n) is 6.20. The number of carbonyl (C=O) groups excluding carboxylic acids is 1. The molecule has 2 aromatic heterocycles. The van der Waals surface area contributed by atoms with E-state index >= 15 is 0 Å². The molecule has 25 heavy (non-hydrogen) atoms. The lowest BCUT2D eigenvalue weighted by Crippen LogP contribution is -2.36. The van der Waals surface area contributed by atoms with E-state index in [9.17, 15) is 9.18 Å². The van der Waals surface area contributed by atoms with Gasteiger partial charge in [0.25, 0.3) is 5.91 Å². The quantitative estimate of drug-likeness (QED) is 0.692. The average Bonchev–Trinajstić information content (AvgIpc) is 3.09. The number of aryl methyl sites for hydroxylation is 2. The number of carbonyl (C=O) groups is 1. The number of furan rings is 1. The maximum absolute atomic E-state index is 13.5. The number of halogens is 1. The molecule has 0 aliphatic rings. The molecule has 0 fully saturated rings. The van der Waals surface area contributed by atoms with Gasteiger partial charge in [0.2, 0.25) is 0 Å². The summed E-state index contributed by atoms with van der Waals surface area (Å²) < 4.78 is 19.7. The second-order valence-corrected chi connectivity index (χ2v) is 7.20. The molecule has 0 saturated carbocycles. The van der Waals surface area contributed by atoms with Gasteiger partial charge in [0, 0.05) is 13.1 Å². The van der Waals surface area contributed by atoms with Crippen LogP contribution < -0.4 is 4.90 Å². The summed E-state index contributed by atoms with van der Waals surface area (Å²) in [6.07, 6.45) is 0. The van der Waals surface area contributed by atoms with Crippen molar-refractivity contribution < 1.29 is 13.6 Å². The number of amides is 1. The maximum Gasteiger partial charge on any atom is 0.263 e. The maximum atomic E-state index is 13.5. The molecule has 0 aliphatic carbocycles. The monoisotopic (exact) mass is 361 g/mol. The van der Waals surface area contributed by atoms with Crippen molar-refractivity contribution in [3.8, 4) is 0 Å². The topological polar surface area (TPSA) is 49.6 Å². The van der Waals surface area contributed by atoms with E-state index in [2.05, 4.69) is 4.98 Å². The highest BCUT2D eigenvalue weighted by Crippen LogP contribution is 2.31. The third-order valence-corrected chi connectivity index (χ3v) is 4.90. The Morgan fingerprint density at radius 2 is 2.00 bits per heavy atom. The fourth-order valence-corrected chi connectivity index (χ4v) is 3.59. The summed E-state index contributed by atoms with van der Waals surface area (Å²) in [5, 5.41) is 0.561. The van der Waals surface area contributed by atoms with E-state index in [1.54, 1.807) is 24.0 Å². The van der Waals surface area contributed by atoms with E-state index in [4.69, 9.17) is 4.42 Å². The van der Waals surface area contributed by atoms with E-state index in [0.29, 0.717) is 40.8 Å². The summed E-state index contributed by atoms with van der Waals surface area (Å²) in [6, 6.07) is 6.19. The summed E-state index contributed by atoms with van der Waals surface area (Å²) in [4.78, 5) is 21.2. The lowest BCUT2D eigenvalue weighted by atomic mass is 10.2. The van der Waals surface area contributed by atoms with E-state index in [1.807, 2.05) is 25.9 Å². The van der Waals surface area contributed by atoms with Crippen LogP contribution in [-0.2, 0) is 0 Å². The molecule has 0 radical (unpaired) electrons. The van der Waals surface area contributed by atoms with Crippen LogP contribution in [0.2, 0.25) is 0 Å². The minimum absolute atomic E-state index is 0.157. The molecule has 0 atom stereocenters. The Labute approximate surface area is 149 Å². The van der Waals surface area contributed by atoms with Crippen molar-refractivity contribution in [3.05, 3.63) is 47.2 Å².